The third-order valence-corrected chi connectivity index (χ3v) is 2.91. The van der Waals surface area contributed by atoms with E-state index in [1.807, 2.05) is 6.07 Å². The Balaban J connectivity index is 2.27. The molecule has 2 heterocycles. The Labute approximate surface area is 108 Å². The van der Waals surface area contributed by atoms with E-state index in [1.54, 1.807) is 34.9 Å². The summed E-state index contributed by atoms with van der Waals surface area (Å²) in [6, 6.07) is 9.87. The number of phenols is 1. The van der Waals surface area contributed by atoms with E-state index in [0.717, 1.165) is 5.56 Å². The van der Waals surface area contributed by atoms with Gasteiger partial charge in [0.15, 0.2) is 0 Å². The van der Waals surface area contributed by atoms with Crippen molar-refractivity contribution in [2.45, 2.75) is 0 Å². The second kappa shape index (κ2) is 4.13. The van der Waals surface area contributed by atoms with Gasteiger partial charge in [0.2, 0.25) is 0 Å². The number of phenolic OH excluding ortho intramolecular Hbond substituents is 1. The third kappa shape index (κ3) is 1.81. The number of aromatic carboxylic acids is 1. The van der Waals surface area contributed by atoms with E-state index in [2.05, 4.69) is 4.98 Å². The molecule has 0 unspecified atom stereocenters. The van der Waals surface area contributed by atoms with E-state index in [-0.39, 0.29) is 11.3 Å². The number of carbonyl (C=O) groups is 1. The van der Waals surface area contributed by atoms with E-state index in [4.69, 9.17) is 5.11 Å². The minimum Gasteiger partial charge on any atom is -0.508 e. The zero-order valence-corrected chi connectivity index (χ0v) is 9.82. The topological polar surface area (TPSA) is 74.8 Å². The van der Waals surface area contributed by atoms with Crippen LogP contribution in [0, 0.1) is 0 Å². The number of nitrogens with zero attached hydrogens (tertiary/aromatic N) is 2. The fraction of sp³-hybridized carbons (Fsp3) is 0. The van der Waals surface area contributed by atoms with Crippen molar-refractivity contribution in [3.8, 4) is 17.1 Å². The molecule has 5 nitrogen and oxygen atoms in total. The van der Waals surface area contributed by atoms with Crippen molar-refractivity contribution in [3.05, 3.63) is 54.4 Å². The number of aromatic nitrogens is 2. The Morgan fingerprint density at radius 1 is 1.21 bits per heavy atom. The van der Waals surface area contributed by atoms with Crippen LogP contribution in [0.2, 0.25) is 0 Å². The van der Waals surface area contributed by atoms with E-state index >= 15 is 0 Å². The molecule has 0 spiro atoms. The van der Waals surface area contributed by atoms with Gasteiger partial charge in [-0.05, 0) is 24.3 Å². The van der Waals surface area contributed by atoms with Gasteiger partial charge in [0, 0.05) is 11.8 Å². The van der Waals surface area contributed by atoms with Crippen LogP contribution in [0.1, 0.15) is 10.4 Å². The molecule has 3 rings (SSSR count). The fourth-order valence-electron chi connectivity index (χ4n) is 2.06. The minimum atomic E-state index is -0.993. The van der Waals surface area contributed by atoms with Crippen LogP contribution in [0.5, 0.6) is 5.75 Å². The zero-order chi connectivity index (χ0) is 13.4. The van der Waals surface area contributed by atoms with E-state index in [9.17, 15) is 9.90 Å². The Bertz CT molecular complexity index is 777. The number of hydrogen-bond donors (Lipinski definition) is 2. The Morgan fingerprint density at radius 3 is 2.79 bits per heavy atom. The molecule has 0 amide bonds. The molecule has 5 heteroatoms. The number of carboxylic acid groups (broad SMARTS) is 1. The van der Waals surface area contributed by atoms with Gasteiger partial charge in [-0.3, -0.25) is 4.40 Å². The van der Waals surface area contributed by atoms with Gasteiger partial charge < -0.3 is 10.2 Å². The summed E-state index contributed by atoms with van der Waals surface area (Å²) >= 11 is 0. The number of imidazole rings is 1. The molecule has 19 heavy (non-hydrogen) atoms. The average molecular weight is 254 g/mol. The normalized spacial score (nSPS) is 10.7. The maximum absolute atomic E-state index is 11.1. The van der Waals surface area contributed by atoms with Crippen LogP contribution in [0.3, 0.4) is 0 Å². The van der Waals surface area contributed by atoms with Crippen LogP contribution < -0.4 is 0 Å². The van der Waals surface area contributed by atoms with E-state index in [1.165, 1.54) is 12.3 Å². The summed E-state index contributed by atoms with van der Waals surface area (Å²) in [5.41, 5.74) is 1.44. The van der Waals surface area contributed by atoms with Gasteiger partial charge in [0.25, 0.3) is 0 Å². The lowest BCUT2D eigenvalue weighted by Crippen LogP contribution is -1.99. The zero-order valence-electron chi connectivity index (χ0n) is 9.82. The number of carboxylic acids is 1. The van der Waals surface area contributed by atoms with E-state index in [0.29, 0.717) is 11.3 Å². The molecule has 2 N–H and O–H groups in total. The summed E-state index contributed by atoms with van der Waals surface area (Å²) in [7, 11) is 0. The molecule has 0 aliphatic heterocycles. The minimum absolute atomic E-state index is 0.142. The number of fused-ring (bicyclic) bond motifs is 1. The first kappa shape index (κ1) is 11.3. The molecule has 94 valence electrons. The predicted molar refractivity (Wildman–Crippen MR) is 69.3 cm³/mol. The quantitative estimate of drug-likeness (QED) is 0.736. The number of benzene rings is 1. The Morgan fingerprint density at radius 2 is 2.05 bits per heavy atom. The van der Waals surface area contributed by atoms with Crippen molar-refractivity contribution in [3.63, 3.8) is 0 Å². The second-order valence-corrected chi connectivity index (χ2v) is 4.11. The SMILES string of the molecule is O=C(O)c1cccn2c(-c3cccc(O)c3)ncc12. The molecule has 0 saturated carbocycles. The molecule has 0 aliphatic rings. The summed E-state index contributed by atoms with van der Waals surface area (Å²) in [5.74, 6) is -0.259. The molecule has 0 fully saturated rings. The number of pyridine rings is 1. The standard InChI is InChI=1S/C14H10N2O3/c17-10-4-1-3-9(7-10)13-15-8-12-11(14(18)19)5-2-6-16(12)13/h1-8,17H,(H,18,19). The van der Waals surface area contributed by atoms with E-state index < -0.39 is 5.97 Å². The number of aromatic hydroxyl groups is 1. The molecule has 0 atom stereocenters. The first-order valence-corrected chi connectivity index (χ1v) is 5.65. The highest BCUT2D eigenvalue weighted by molar-refractivity contribution is 5.95. The maximum atomic E-state index is 11.1. The first-order valence-electron chi connectivity index (χ1n) is 5.65. The van der Waals surface area contributed by atoms with Crippen molar-refractivity contribution in [2.24, 2.45) is 0 Å². The molecule has 0 bridgehead atoms. The largest absolute Gasteiger partial charge is 0.508 e. The van der Waals surface area contributed by atoms with Crippen molar-refractivity contribution in [1.82, 2.24) is 9.38 Å². The van der Waals surface area contributed by atoms with Crippen LogP contribution in [0.15, 0.2) is 48.8 Å². The highest BCUT2D eigenvalue weighted by Gasteiger charge is 2.13. The summed E-state index contributed by atoms with van der Waals surface area (Å²) in [6.07, 6.45) is 3.26. The van der Waals surface area contributed by atoms with Gasteiger partial charge in [-0.25, -0.2) is 9.78 Å². The fourth-order valence-corrected chi connectivity index (χ4v) is 2.06. The molecule has 0 aliphatic carbocycles. The van der Waals surface area contributed by atoms with Gasteiger partial charge in [-0.15, -0.1) is 0 Å². The Kier molecular flexibility index (Phi) is 2.45. The Hall–Kier alpha value is -2.82. The summed E-state index contributed by atoms with van der Waals surface area (Å²) in [4.78, 5) is 15.4. The predicted octanol–water partition coefficient (Wildman–Crippen LogP) is 2.41. The van der Waals surface area contributed by atoms with Crippen LogP contribution in [0.4, 0.5) is 0 Å². The van der Waals surface area contributed by atoms with Crippen LogP contribution in [-0.2, 0) is 0 Å². The lowest BCUT2D eigenvalue weighted by Gasteiger charge is -2.03. The summed E-state index contributed by atoms with van der Waals surface area (Å²) in [5, 5.41) is 18.6. The first-order chi connectivity index (χ1) is 9.16. The van der Waals surface area contributed by atoms with Gasteiger partial charge in [-0.1, -0.05) is 12.1 Å². The molecular formula is C14H10N2O3. The molecule has 1 aromatic carbocycles. The van der Waals surface area contributed by atoms with Gasteiger partial charge in [-0.2, -0.15) is 0 Å². The van der Waals surface area contributed by atoms with Crippen LogP contribution >= 0.6 is 0 Å². The number of hydrogen-bond acceptors (Lipinski definition) is 3. The summed E-state index contributed by atoms with van der Waals surface area (Å²) in [6.45, 7) is 0. The highest BCUT2D eigenvalue weighted by atomic mass is 16.4. The molecule has 3 aromatic rings. The van der Waals surface area contributed by atoms with Crippen LogP contribution in [-0.4, -0.2) is 25.6 Å². The smallest absolute Gasteiger partial charge is 0.337 e. The number of rotatable bonds is 2. The van der Waals surface area contributed by atoms with Gasteiger partial charge >= 0.3 is 5.97 Å². The highest BCUT2D eigenvalue weighted by Crippen LogP contribution is 2.24. The van der Waals surface area contributed by atoms with Gasteiger partial charge in [0.1, 0.15) is 11.6 Å². The molecule has 0 saturated heterocycles. The lowest BCUT2D eigenvalue weighted by molar-refractivity contribution is 0.0698. The van der Waals surface area contributed by atoms with Gasteiger partial charge in [0.05, 0.1) is 17.3 Å². The van der Waals surface area contributed by atoms with Crippen molar-refractivity contribution in [1.29, 1.82) is 0 Å². The summed E-state index contributed by atoms with van der Waals surface area (Å²) < 4.78 is 1.69. The monoisotopic (exact) mass is 254 g/mol. The van der Waals surface area contributed by atoms with Crippen molar-refractivity contribution in [2.75, 3.05) is 0 Å². The lowest BCUT2D eigenvalue weighted by atomic mass is 10.2. The third-order valence-electron chi connectivity index (χ3n) is 2.91. The maximum Gasteiger partial charge on any atom is 0.337 e. The van der Waals surface area contributed by atoms with Crippen molar-refractivity contribution >= 4 is 11.5 Å². The average Bonchev–Trinajstić information content (AvgIpc) is 2.82. The molecule has 0 radical (unpaired) electrons. The second-order valence-electron chi connectivity index (χ2n) is 4.11. The van der Waals surface area contributed by atoms with Crippen LogP contribution in [0.25, 0.3) is 16.9 Å². The molecule has 2 aromatic heterocycles. The molecular weight excluding hydrogens is 244 g/mol. The van der Waals surface area contributed by atoms with Crippen molar-refractivity contribution < 1.29 is 15.0 Å².